The largest absolute Gasteiger partial charge is 0.338 e. The molecule has 1 aliphatic rings. The van der Waals surface area contributed by atoms with Crippen LogP contribution in [0.3, 0.4) is 0 Å². The van der Waals surface area contributed by atoms with Gasteiger partial charge in [-0.2, -0.15) is 11.8 Å². The lowest BCUT2D eigenvalue weighted by Gasteiger charge is -2.21. The quantitative estimate of drug-likeness (QED) is 0.723. The summed E-state index contributed by atoms with van der Waals surface area (Å²) in [7, 11) is 0. The summed E-state index contributed by atoms with van der Waals surface area (Å²) >= 11 is 1.40. The van der Waals surface area contributed by atoms with Crippen molar-refractivity contribution >= 4 is 17.7 Å². The average Bonchev–Trinajstić information content (AvgIpc) is 2.83. The molecule has 2 aromatic carbocycles. The van der Waals surface area contributed by atoms with Gasteiger partial charge >= 0.3 is 0 Å². The van der Waals surface area contributed by atoms with Gasteiger partial charge in [0, 0.05) is 29.7 Å². The van der Waals surface area contributed by atoms with E-state index >= 15 is 0 Å². The average molecular weight is 369 g/mol. The van der Waals surface area contributed by atoms with E-state index in [1.165, 1.54) is 22.7 Å². The fourth-order valence-corrected chi connectivity index (χ4v) is 4.09. The number of nitrogens with zero attached hydrogens (tertiary/aromatic N) is 1. The van der Waals surface area contributed by atoms with Gasteiger partial charge in [0.2, 0.25) is 0 Å². The second-order valence-corrected chi connectivity index (χ2v) is 7.01. The van der Waals surface area contributed by atoms with E-state index in [0.717, 1.165) is 30.3 Å². The second-order valence-electron chi connectivity index (χ2n) is 5.70. The second kappa shape index (κ2) is 7.47. The van der Waals surface area contributed by atoms with Crippen LogP contribution in [0.2, 0.25) is 0 Å². The van der Waals surface area contributed by atoms with Crippen LogP contribution in [0.5, 0.6) is 0 Å². The summed E-state index contributed by atoms with van der Waals surface area (Å²) in [4.78, 5) is 13.8. The minimum Gasteiger partial charge on any atom is -0.338 e. The number of rotatable bonds is 2. The molecule has 1 amide bonds. The number of hydrogen-bond donors (Lipinski definition) is 0. The molecule has 1 aliphatic heterocycles. The molecule has 1 saturated heterocycles. The van der Waals surface area contributed by atoms with Gasteiger partial charge in [0.05, 0.1) is 0 Å². The first-order chi connectivity index (χ1) is 12.0. The molecule has 0 aromatic heterocycles. The topological polar surface area (TPSA) is 20.3 Å². The number of carbonyl (C=O) groups excluding carboxylic acids is 1. The zero-order valence-corrected chi connectivity index (χ0v) is 14.0. The highest BCUT2D eigenvalue weighted by Crippen LogP contribution is 2.36. The Hall–Kier alpha value is -2.02. The standard InChI is InChI=1S/C18H15F4NOS/c19-11-4-5-13(20)12(10-11)16-6-7-23(8-9-25-16)18(24)17-14(21)2-1-3-15(17)22/h1-5,10,16H,6-9H2. The normalized spacial score (nSPS) is 18.1. The molecule has 7 heteroatoms. The predicted molar refractivity (Wildman–Crippen MR) is 88.4 cm³/mol. The molecule has 1 heterocycles. The first kappa shape index (κ1) is 17.8. The van der Waals surface area contributed by atoms with Gasteiger partial charge < -0.3 is 4.90 Å². The molecular formula is C18H15F4NOS. The van der Waals surface area contributed by atoms with Crippen LogP contribution in [0.1, 0.15) is 27.6 Å². The first-order valence-electron chi connectivity index (χ1n) is 7.77. The molecule has 1 fully saturated rings. The Balaban J connectivity index is 1.78. The van der Waals surface area contributed by atoms with Crippen molar-refractivity contribution in [3.63, 3.8) is 0 Å². The van der Waals surface area contributed by atoms with Crippen molar-refractivity contribution in [1.82, 2.24) is 4.90 Å². The van der Waals surface area contributed by atoms with Crippen LogP contribution in [-0.4, -0.2) is 29.6 Å². The third-order valence-corrected chi connectivity index (χ3v) is 5.42. The van der Waals surface area contributed by atoms with Crippen LogP contribution in [0, 0.1) is 23.3 Å². The zero-order valence-electron chi connectivity index (χ0n) is 13.1. The smallest absolute Gasteiger partial charge is 0.259 e. The molecule has 0 bridgehead atoms. The molecular weight excluding hydrogens is 354 g/mol. The Morgan fingerprint density at radius 3 is 2.44 bits per heavy atom. The summed E-state index contributed by atoms with van der Waals surface area (Å²) in [6.07, 6.45) is 0.368. The summed E-state index contributed by atoms with van der Waals surface area (Å²) in [5.41, 5.74) is -0.334. The number of amides is 1. The Bertz CT molecular complexity index is 778. The molecule has 132 valence electrons. The lowest BCUT2D eigenvalue weighted by atomic mass is 10.1. The number of halogens is 4. The van der Waals surface area contributed by atoms with Gasteiger partial charge in [-0.05, 0) is 36.8 Å². The van der Waals surface area contributed by atoms with Crippen molar-refractivity contribution < 1.29 is 22.4 Å². The molecule has 3 rings (SSSR count). The van der Waals surface area contributed by atoms with E-state index in [-0.39, 0.29) is 23.9 Å². The maximum Gasteiger partial charge on any atom is 0.259 e. The fraction of sp³-hybridized carbons (Fsp3) is 0.278. The van der Waals surface area contributed by atoms with E-state index in [1.807, 2.05) is 0 Å². The van der Waals surface area contributed by atoms with Crippen LogP contribution in [0.15, 0.2) is 36.4 Å². The maximum atomic E-state index is 14.0. The van der Waals surface area contributed by atoms with Crippen molar-refractivity contribution in [3.8, 4) is 0 Å². The Labute approximate surface area is 146 Å². The SMILES string of the molecule is O=C(c1c(F)cccc1F)N1CCSC(c2cc(F)ccc2F)CC1. The Kier molecular flexibility index (Phi) is 5.32. The van der Waals surface area contributed by atoms with Crippen LogP contribution in [0.25, 0.3) is 0 Å². The van der Waals surface area contributed by atoms with Gasteiger partial charge in [0.1, 0.15) is 28.8 Å². The minimum absolute atomic E-state index is 0.209. The van der Waals surface area contributed by atoms with E-state index < -0.39 is 34.7 Å². The van der Waals surface area contributed by atoms with Crippen LogP contribution < -0.4 is 0 Å². The third kappa shape index (κ3) is 3.81. The Morgan fingerprint density at radius 1 is 1.00 bits per heavy atom. The fourth-order valence-electron chi connectivity index (χ4n) is 2.84. The minimum atomic E-state index is -0.908. The molecule has 0 saturated carbocycles. The monoisotopic (exact) mass is 369 g/mol. The summed E-state index contributed by atoms with van der Waals surface area (Å²) in [5, 5.41) is -0.320. The van der Waals surface area contributed by atoms with Gasteiger partial charge in [-0.3, -0.25) is 4.79 Å². The molecule has 0 N–H and O–H groups in total. The lowest BCUT2D eigenvalue weighted by molar-refractivity contribution is 0.0756. The summed E-state index contributed by atoms with van der Waals surface area (Å²) in [6, 6.07) is 6.55. The highest BCUT2D eigenvalue weighted by molar-refractivity contribution is 7.99. The number of hydrogen-bond acceptors (Lipinski definition) is 2. The third-order valence-electron chi connectivity index (χ3n) is 4.11. The van der Waals surface area contributed by atoms with Gasteiger partial charge in [0.25, 0.3) is 5.91 Å². The van der Waals surface area contributed by atoms with Crippen molar-refractivity contribution in [1.29, 1.82) is 0 Å². The van der Waals surface area contributed by atoms with Gasteiger partial charge in [-0.1, -0.05) is 6.07 Å². The van der Waals surface area contributed by atoms with Crippen molar-refractivity contribution in [3.05, 3.63) is 70.8 Å². The summed E-state index contributed by atoms with van der Waals surface area (Å²) in [6.45, 7) is 0.491. The molecule has 0 radical (unpaired) electrons. The van der Waals surface area contributed by atoms with Gasteiger partial charge in [-0.15, -0.1) is 0 Å². The van der Waals surface area contributed by atoms with Crippen molar-refractivity contribution in [2.75, 3.05) is 18.8 Å². The predicted octanol–water partition coefficient (Wildman–Crippen LogP) is 4.56. The van der Waals surface area contributed by atoms with Gasteiger partial charge in [-0.25, -0.2) is 17.6 Å². The molecule has 0 aliphatic carbocycles. The van der Waals surface area contributed by atoms with E-state index in [4.69, 9.17) is 0 Å². The van der Waals surface area contributed by atoms with E-state index in [9.17, 15) is 22.4 Å². The summed E-state index contributed by atoms with van der Waals surface area (Å²) < 4.78 is 55.0. The molecule has 25 heavy (non-hydrogen) atoms. The van der Waals surface area contributed by atoms with Crippen LogP contribution >= 0.6 is 11.8 Å². The van der Waals surface area contributed by atoms with Crippen LogP contribution in [0.4, 0.5) is 17.6 Å². The van der Waals surface area contributed by atoms with Crippen molar-refractivity contribution in [2.45, 2.75) is 11.7 Å². The summed E-state index contributed by atoms with van der Waals surface area (Å²) in [5.74, 6) is -3.11. The number of thioether (sulfide) groups is 1. The molecule has 2 nitrogen and oxygen atoms in total. The maximum absolute atomic E-state index is 14.0. The zero-order chi connectivity index (χ0) is 18.0. The van der Waals surface area contributed by atoms with E-state index in [1.54, 1.807) is 0 Å². The first-order valence-corrected chi connectivity index (χ1v) is 8.82. The lowest BCUT2D eigenvalue weighted by Crippen LogP contribution is -2.34. The molecule has 1 atom stereocenters. The van der Waals surface area contributed by atoms with E-state index in [2.05, 4.69) is 0 Å². The van der Waals surface area contributed by atoms with Crippen molar-refractivity contribution in [2.24, 2.45) is 0 Å². The highest BCUT2D eigenvalue weighted by Gasteiger charge is 2.27. The van der Waals surface area contributed by atoms with Gasteiger partial charge in [0.15, 0.2) is 0 Å². The molecule has 2 aromatic rings. The molecule has 0 spiro atoms. The van der Waals surface area contributed by atoms with Crippen LogP contribution in [-0.2, 0) is 0 Å². The number of carbonyl (C=O) groups is 1. The number of benzene rings is 2. The van der Waals surface area contributed by atoms with E-state index in [0.29, 0.717) is 12.2 Å². The molecule has 1 unspecified atom stereocenters. The highest BCUT2D eigenvalue weighted by atomic mass is 32.2. The Morgan fingerprint density at radius 2 is 1.72 bits per heavy atom.